The third-order valence-corrected chi connectivity index (χ3v) is 3.99. The summed E-state index contributed by atoms with van der Waals surface area (Å²) < 4.78 is 0. The van der Waals surface area contributed by atoms with E-state index in [1.165, 1.54) is 38.5 Å². The van der Waals surface area contributed by atoms with Gasteiger partial charge in [-0.25, -0.2) is 9.97 Å². The second kappa shape index (κ2) is 6.20. The lowest BCUT2D eigenvalue weighted by Gasteiger charge is -2.22. The quantitative estimate of drug-likeness (QED) is 0.875. The molecule has 108 valence electrons. The van der Waals surface area contributed by atoms with E-state index in [1.54, 1.807) is 0 Å². The number of H-pyrrole nitrogens is 1. The highest BCUT2D eigenvalue weighted by Gasteiger charge is 2.14. The molecule has 2 heterocycles. The van der Waals surface area contributed by atoms with Crippen molar-refractivity contribution in [3.63, 3.8) is 0 Å². The lowest BCUT2D eigenvalue weighted by molar-refractivity contribution is 0.461. The summed E-state index contributed by atoms with van der Waals surface area (Å²) in [6.07, 6.45) is 11.6. The van der Waals surface area contributed by atoms with Gasteiger partial charge in [0.05, 0.1) is 6.20 Å². The van der Waals surface area contributed by atoms with Crippen LogP contribution in [0.2, 0.25) is 0 Å². The van der Waals surface area contributed by atoms with E-state index in [0.717, 1.165) is 35.8 Å². The summed E-state index contributed by atoms with van der Waals surface area (Å²) in [6, 6.07) is 0.531. The zero-order valence-electron chi connectivity index (χ0n) is 12.2. The Morgan fingerprint density at radius 3 is 2.90 bits per heavy atom. The fourth-order valence-corrected chi connectivity index (χ4v) is 2.82. The molecule has 5 nitrogen and oxygen atoms in total. The summed E-state index contributed by atoms with van der Waals surface area (Å²) in [5.41, 5.74) is 1.72. The van der Waals surface area contributed by atoms with Gasteiger partial charge < -0.3 is 10.3 Å². The Labute approximate surface area is 119 Å². The Morgan fingerprint density at radius 1 is 1.25 bits per heavy atom. The summed E-state index contributed by atoms with van der Waals surface area (Å²) in [7, 11) is 0. The maximum absolute atomic E-state index is 4.56. The van der Waals surface area contributed by atoms with Crippen LogP contribution in [-0.2, 0) is 6.42 Å². The topological polar surface area (TPSA) is 66.5 Å². The van der Waals surface area contributed by atoms with Crippen LogP contribution in [0.4, 0.5) is 5.95 Å². The molecule has 2 aromatic heterocycles. The maximum Gasteiger partial charge on any atom is 0.224 e. The van der Waals surface area contributed by atoms with Crippen LogP contribution >= 0.6 is 0 Å². The van der Waals surface area contributed by atoms with Crippen LogP contribution in [0.5, 0.6) is 0 Å². The van der Waals surface area contributed by atoms with Gasteiger partial charge in [0.25, 0.3) is 0 Å². The summed E-state index contributed by atoms with van der Waals surface area (Å²) in [4.78, 5) is 16.8. The molecule has 0 saturated heterocycles. The average Bonchev–Trinajstić information content (AvgIpc) is 2.88. The van der Waals surface area contributed by atoms with E-state index in [-0.39, 0.29) is 0 Å². The fourth-order valence-electron chi connectivity index (χ4n) is 2.82. The zero-order chi connectivity index (χ0) is 13.8. The smallest absolute Gasteiger partial charge is 0.224 e. The molecule has 0 radical (unpaired) electrons. The molecule has 0 amide bonds. The SMILES string of the molecule is CCCCc1nc2cnc(NC3CCCCC3)nc2[nH]1. The first kappa shape index (κ1) is 13.3. The van der Waals surface area contributed by atoms with Gasteiger partial charge in [-0.1, -0.05) is 32.6 Å². The fraction of sp³-hybridized carbons (Fsp3) is 0.667. The van der Waals surface area contributed by atoms with Gasteiger partial charge >= 0.3 is 0 Å². The van der Waals surface area contributed by atoms with Gasteiger partial charge in [0, 0.05) is 12.5 Å². The van der Waals surface area contributed by atoms with E-state index in [9.17, 15) is 0 Å². The van der Waals surface area contributed by atoms with Crippen LogP contribution in [0.1, 0.15) is 57.7 Å². The van der Waals surface area contributed by atoms with Crippen molar-refractivity contribution in [3.05, 3.63) is 12.0 Å². The van der Waals surface area contributed by atoms with Gasteiger partial charge in [-0.15, -0.1) is 0 Å². The van der Waals surface area contributed by atoms with Crippen LogP contribution < -0.4 is 5.32 Å². The van der Waals surface area contributed by atoms with Crippen molar-refractivity contribution in [2.45, 2.75) is 64.3 Å². The molecular weight excluding hydrogens is 250 g/mol. The standard InChI is InChI=1S/C15H23N5/c1-2-3-9-13-18-12-10-16-15(20-14(12)19-13)17-11-7-5-4-6-8-11/h10-11H,2-9H2,1H3,(H2,16,17,18,19,20). The Bertz CT molecular complexity index is 556. The third kappa shape index (κ3) is 3.08. The second-order valence-electron chi connectivity index (χ2n) is 5.69. The minimum atomic E-state index is 0.531. The molecule has 1 fully saturated rings. The number of imidazole rings is 1. The highest BCUT2D eigenvalue weighted by atomic mass is 15.1. The Hall–Kier alpha value is -1.65. The Kier molecular flexibility index (Phi) is 4.14. The van der Waals surface area contributed by atoms with Crippen LogP contribution in [0.15, 0.2) is 6.20 Å². The van der Waals surface area contributed by atoms with Gasteiger partial charge in [0.2, 0.25) is 5.95 Å². The van der Waals surface area contributed by atoms with Gasteiger partial charge in [-0.3, -0.25) is 0 Å². The number of unbranched alkanes of at least 4 members (excludes halogenated alkanes) is 1. The number of nitrogens with one attached hydrogen (secondary N) is 2. The van der Waals surface area contributed by atoms with Crippen molar-refractivity contribution in [3.8, 4) is 0 Å². The molecule has 0 spiro atoms. The first-order valence-electron chi connectivity index (χ1n) is 7.83. The summed E-state index contributed by atoms with van der Waals surface area (Å²) in [6.45, 7) is 2.19. The van der Waals surface area contributed by atoms with Crippen molar-refractivity contribution < 1.29 is 0 Å². The van der Waals surface area contributed by atoms with Crippen LogP contribution in [0.3, 0.4) is 0 Å². The van der Waals surface area contributed by atoms with Gasteiger partial charge in [-0.05, 0) is 19.3 Å². The van der Waals surface area contributed by atoms with Gasteiger partial charge in [-0.2, -0.15) is 4.98 Å². The second-order valence-corrected chi connectivity index (χ2v) is 5.69. The van der Waals surface area contributed by atoms with Crippen LogP contribution in [-0.4, -0.2) is 26.0 Å². The number of fused-ring (bicyclic) bond motifs is 1. The van der Waals surface area contributed by atoms with Crippen molar-refractivity contribution >= 4 is 17.1 Å². The van der Waals surface area contributed by atoms with E-state index in [4.69, 9.17) is 0 Å². The average molecular weight is 273 g/mol. The number of hydrogen-bond donors (Lipinski definition) is 2. The molecular formula is C15H23N5. The molecule has 2 N–H and O–H groups in total. The van der Waals surface area contributed by atoms with Crippen molar-refractivity contribution in [2.24, 2.45) is 0 Å². The number of anilines is 1. The molecule has 5 heteroatoms. The summed E-state index contributed by atoms with van der Waals surface area (Å²) >= 11 is 0. The van der Waals surface area contributed by atoms with Crippen LogP contribution in [0.25, 0.3) is 11.2 Å². The molecule has 0 aliphatic heterocycles. The Morgan fingerprint density at radius 2 is 2.10 bits per heavy atom. The van der Waals surface area contributed by atoms with Gasteiger partial charge in [0.15, 0.2) is 5.65 Å². The van der Waals surface area contributed by atoms with Crippen molar-refractivity contribution in [2.75, 3.05) is 5.32 Å². The van der Waals surface area contributed by atoms with E-state index in [2.05, 4.69) is 32.2 Å². The number of rotatable bonds is 5. The monoisotopic (exact) mass is 273 g/mol. The molecule has 2 aromatic rings. The third-order valence-electron chi connectivity index (χ3n) is 3.99. The van der Waals surface area contributed by atoms with E-state index in [1.807, 2.05) is 6.20 Å². The minimum Gasteiger partial charge on any atom is -0.351 e. The highest BCUT2D eigenvalue weighted by molar-refractivity contribution is 5.70. The molecule has 1 aliphatic carbocycles. The molecule has 0 aromatic carbocycles. The van der Waals surface area contributed by atoms with E-state index < -0.39 is 0 Å². The minimum absolute atomic E-state index is 0.531. The molecule has 3 rings (SSSR count). The Balaban J connectivity index is 1.72. The van der Waals surface area contributed by atoms with Crippen molar-refractivity contribution in [1.29, 1.82) is 0 Å². The maximum atomic E-state index is 4.56. The highest BCUT2D eigenvalue weighted by Crippen LogP contribution is 2.20. The molecule has 0 bridgehead atoms. The lowest BCUT2D eigenvalue weighted by atomic mass is 9.96. The first-order valence-corrected chi connectivity index (χ1v) is 7.83. The predicted octanol–water partition coefficient (Wildman–Crippen LogP) is 3.44. The van der Waals surface area contributed by atoms with Crippen molar-refractivity contribution in [1.82, 2.24) is 19.9 Å². The largest absolute Gasteiger partial charge is 0.351 e. The van der Waals surface area contributed by atoms with Crippen LogP contribution in [0, 0.1) is 0 Å². The number of aryl methyl sites for hydroxylation is 1. The predicted molar refractivity (Wildman–Crippen MR) is 80.8 cm³/mol. The lowest BCUT2D eigenvalue weighted by Crippen LogP contribution is -2.23. The number of aromatic nitrogens is 4. The molecule has 0 atom stereocenters. The molecule has 1 aliphatic rings. The number of nitrogens with zero attached hydrogens (tertiary/aromatic N) is 3. The molecule has 1 saturated carbocycles. The van der Waals surface area contributed by atoms with Gasteiger partial charge in [0.1, 0.15) is 11.3 Å². The molecule has 20 heavy (non-hydrogen) atoms. The first-order chi connectivity index (χ1) is 9.85. The summed E-state index contributed by atoms with van der Waals surface area (Å²) in [5, 5.41) is 3.46. The summed E-state index contributed by atoms with van der Waals surface area (Å²) in [5.74, 6) is 1.75. The normalized spacial score (nSPS) is 16.6. The molecule has 0 unspecified atom stereocenters. The zero-order valence-corrected chi connectivity index (χ0v) is 12.2. The number of aromatic amines is 1. The van der Waals surface area contributed by atoms with E-state index in [0.29, 0.717) is 6.04 Å². The van der Waals surface area contributed by atoms with E-state index >= 15 is 0 Å². The number of hydrogen-bond acceptors (Lipinski definition) is 4.